The molecule has 2 aromatic carbocycles. The standard InChI is InChI=1S/C28H28N2O6/c1-16-12-23(31)27(33)28(36-16)20(17-8-9-24(34-2)25(13-17)35-3)14-26(32)30-11-10-19-18-6-4-5-7-21(18)29-22(19)15-30/h4-9,12-13,20,29,33H,10-11,14-15H2,1-3H3/t20-/m1/s1. The van der Waals surface area contributed by atoms with E-state index in [2.05, 4.69) is 11.1 Å². The van der Waals surface area contributed by atoms with Crippen molar-refractivity contribution in [2.75, 3.05) is 20.8 Å². The van der Waals surface area contributed by atoms with Gasteiger partial charge in [0.1, 0.15) is 5.76 Å². The highest BCUT2D eigenvalue weighted by Crippen LogP contribution is 2.38. The number of aryl methyl sites for hydroxylation is 1. The first kappa shape index (κ1) is 23.5. The second-order valence-corrected chi connectivity index (χ2v) is 9.00. The summed E-state index contributed by atoms with van der Waals surface area (Å²) in [6.07, 6.45) is 0.752. The van der Waals surface area contributed by atoms with Crippen molar-refractivity contribution in [2.24, 2.45) is 0 Å². The van der Waals surface area contributed by atoms with Crippen molar-refractivity contribution >= 4 is 16.8 Å². The first-order valence-corrected chi connectivity index (χ1v) is 11.8. The van der Waals surface area contributed by atoms with Gasteiger partial charge in [-0.1, -0.05) is 24.3 Å². The van der Waals surface area contributed by atoms with Crippen molar-refractivity contribution in [1.29, 1.82) is 0 Å². The number of carbonyl (C=O) groups excluding carboxylic acids is 1. The van der Waals surface area contributed by atoms with Gasteiger partial charge in [-0.3, -0.25) is 9.59 Å². The summed E-state index contributed by atoms with van der Waals surface area (Å²) in [4.78, 5) is 31.2. The normalized spacial score (nSPS) is 13.9. The zero-order valence-electron chi connectivity index (χ0n) is 20.5. The van der Waals surface area contributed by atoms with Crippen molar-refractivity contribution < 1.29 is 23.8 Å². The lowest BCUT2D eigenvalue weighted by Crippen LogP contribution is -2.36. The number of methoxy groups -OCH3 is 2. The van der Waals surface area contributed by atoms with E-state index in [4.69, 9.17) is 13.9 Å². The molecule has 186 valence electrons. The van der Waals surface area contributed by atoms with Crippen molar-refractivity contribution in [3.05, 3.63) is 87.1 Å². The molecule has 0 saturated heterocycles. The Morgan fingerprint density at radius 2 is 1.92 bits per heavy atom. The number of amides is 1. The minimum atomic E-state index is -0.700. The maximum Gasteiger partial charge on any atom is 0.227 e. The number of rotatable bonds is 6. The Bertz CT molecular complexity index is 1500. The van der Waals surface area contributed by atoms with Gasteiger partial charge in [0.2, 0.25) is 17.1 Å². The number of fused-ring (bicyclic) bond motifs is 3. The maximum absolute atomic E-state index is 13.6. The summed E-state index contributed by atoms with van der Waals surface area (Å²) in [5, 5.41) is 11.8. The number of aromatic amines is 1. The van der Waals surface area contributed by atoms with Crippen LogP contribution in [0.2, 0.25) is 0 Å². The third kappa shape index (κ3) is 4.19. The van der Waals surface area contributed by atoms with E-state index in [1.165, 1.54) is 24.1 Å². The average molecular weight is 489 g/mol. The summed E-state index contributed by atoms with van der Waals surface area (Å²) in [6, 6.07) is 14.6. The third-order valence-corrected chi connectivity index (χ3v) is 6.81. The fraction of sp³-hybridized carbons (Fsp3) is 0.286. The van der Waals surface area contributed by atoms with E-state index in [0.29, 0.717) is 35.9 Å². The number of hydrogen-bond acceptors (Lipinski definition) is 6. The lowest BCUT2D eigenvalue weighted by molar-refractivity contribution is -0.132. The number of aromatic hydroxyl groups is 1. The minimum absolute atomic E-state index is 0.00496. The molecule has 2 aromatic heterocycles. The number of carbonyl (C=O) groups is 1. The number of nitrogens with zero attached hydrogens (tertiary/aromatic N) is 1. The first-order valence-electron chi connectivity index (χ1n) is 11.8. The van der Waals surface area contributed by atoms with Crippen LogP contribution in [-0.4, -0.2) is 41.7 Å². The van der Waals surface area contributed by atoms with Gasteiger partial charge in [0, 0.05) is 35.6 Å². The van der Waals surface area contributed by atoms with E-state index in [9.17, 15) is 14.7 Å². The molecule has 0 saturated carbocycles. The van der Waals surface area contributed by atoms with Crippen LogP contribution in [0.15, 0.2) is 57.7 Å². The first-order chi connectivity index (χ1) is 17.4. The molecule has 4 aromatic rings. The number of aromatic nitrogens is 1. The van der Waals surface area contributed by atoms with E-state index < -0.39 is 17.1 Å². The Kier molecular flexibility index (Phi) is 6.18. The summed E-state index contributed by atoms with van der Waals surface area (Å²) >= 11 is 0. The van der Waals surface area contributed by atoms with E-state index in [-0.39, 0.29) is 18.1 Å². The Labute approximate surface area is 208 Å². The van der Waals surface area contributed by atoms with E-state index in [0.717, 1.165) is 17.6 Å². The molecule has 5 rings (SSSR count). The van der Waals surface area contributed by atoms with Crippen LogP contribution in [-0.2, 0) is 17.8 Å². The molecular formula is C28H28N2O6. The molecule has 1 aliphatic heterocycles. The van der Waals surface area contributed by atoms with Crippen LogP contribution in [0, 0.1) is 6.92 Å². The molecule has 0 radical (unpaired) electrons. The molecule has 8 heteroatoms. The monoisotopic (exact) mass is 488 g/mol. The largest absolute Gasteiger partial charge is 0.502 e. The predicted molar refractivity (Wildman–Crippen MR) is 135 cm³/mol. The predicted octanol–water partition coefficient (Wildman–Crippen LogP) is 4.26. The number of hydrogen-bond donors (Lipinski definition) is 2. The third-order valence-electron chi connectivity index (χ3n) is 6.81. The van der Waals surface area contributed by atoms with Crippen LogP contribution in [0.5, 0.6) is 17.2 Å². The minimum Gasteiger partial charge on any atom is -0.502 e. The molecule has 0 unspecified atom stereocenters. The molecule has 8 nitrogen and oxygen atoms in total. The van der Waals surface area contributed by atoms with Gasteiger partial charge in [-0.05, 0) is 42.7 Å². The zero-order valence-corrected chi connectivity index (χ0v) is 20.5. The molecule has 1 atom stereocenters. The fourth-order valence-corrected chi connectivity index (χ4v) is 5.00. The lowest BCUT2D eigenvalue weighted by Gasteiger charge is -2.29. The molecular weight excluding hydrogens is 460 g/mol. The topological polar surface area (TPSA) is 105 Å². The van der Waals surface area contributed by atoms with Crippen molar-refractivity contribution in [3.63, 3.8) is 0 Å². The smallest absolute Gasteiger partial charge is 0.227 e. The number of H-pyrrole nitrogens is 1. The Hall–Kier alpha value is -4.20. The molecule has 2 N–H and O–H groups in total. The average Bonchev–Trinajstić information content (AvgIpc) is 3.26. The van der Waals surface area contributed by atoms with Gasteiger partial charge in [0.25, 0.3) is 0 Å². The SMILES string of the molecule is COc1ccc([C@@H](CC(=O)N2CCc3c([nH]c4ccccc34)C2)c2oc(C)cc(=O)c2O)cc1OC. The van der Waals surface area contributed by atoms with Gasteiger partial charge in [0.05, 0.1) is 26.7 Å². The van der Waals surface area contributed by atoms with Crippen LogP contribution in [0.25, 0.3) is 10.9 Å². The number of para-hydroxylation sites is 1. The summed E-state index contributed by atoms with van der Waals surface area (Å²) in [5.41, 5.74) is 3.45. The molecule has 0 aliphatic carbocycles. The number of benzene rings is 2. The summed E-state index contributed by atoms with van der Waals surface area (Å²) in [7, 11) is 3.07. The van der Waals surface area contributed by atoms with Gasteiger partial charge in [-0.2, -0.15) is 0 Å². The second kappa shape index (κ2) is 9.45. The van der Waals surface area contributed by atoms with Crippen molar-refractivity contribution in [1.82, 2.24) is 9.88 Å². The van der Waals surface area contributed by atoms with Crippen LogP contribution in [0.1, 0.15) is 40.7 Å². The molecule has 0 fully saturated rings. The van der Waals surface area contributed by atoms with E-state index in [1.807, 2.05) is 18.2 Å². The fourth-order valence-electron chi connectivity index (χ4n) is 5.00. The van der Waals surface area contributed by atoms with Gasteiger partial charge in [-0.15, -0.1) is 0 Å². The van der Waals surface area contributed by atoms with Gasteiger partial charge < -0.3 is 28.9 Å². The molecule has 1 aliphatic rings. The highest BCUT2D eigenvalue weighted by atomic mass is 16.5. The lowest BCUT2D eigenvalue weighted by atomic mass is 9.90. The quantitative estimate of drug-likeness (QED) is 0.420. The summed E-state index contributed by atoms with van der Waals surface area (Å²) in [6.45, 7) is 2.68. The number of nitrogens with one attached hydrogen (secondary N) is 1. The molecule has 0 bridgehead atoms. The summed E-state index contributed by atoms with van der Waals surface area (Å²) in [5.74, 6) is 0.114. The maximum atomic E-state index is 13.6. The van der Waals surface area contributed by atoms with Crippen LogP contribution < -0.4 is 14.9 Å². The zero-order chi connectivity index (χ0) is 25.4. The van der Waals surface area contributed by atoms with E-state index in [1.54, 1.807) is 37.1 Å². The van der Waals surface area contributed by atoms with Crippen LogP contribution in [0.4, 0.5) is 0 Å². The Morgan fingerprint density at radius 3 is 2.69 bits per heavy atom. The van der Waals surface area contributed by atoms with Gasteiger partial charge >= 0.3 is 0 Å². The van der Waals surface area contributed by atoms with Crippen molar-refractivity contribution in [2.45, 2.75) is 32.2 Å². The second-order valence-electron chi connectivity index (χ2n) is 9.00. The van der Waals surface area contributed by atoms with Gasteiger partial charge in [0.15, 0.2) is 17.3 Å². The Morgan fingerprint density at radius 1 is 1.14 bits per heavy atom. The summed E-state index contributed by atoms with van der Waals surface area (Å²) < 4.78 is 16.6. The molecule has 3 heterocycles. The van der Waals surface area contributed by atoms with Crippen LogP contribution in [0.3, 0.4) is 0 Å². The molecule has 1 amide bonds. The number of ether oxygens (including phenoxy) is 2. The highest BCUT2D eigenvalue weighted by Gasteiger charge is 2.30. The highest BCUT2D eigenvalue weighted by molar-refractivity contribution is 5.86. The Balaban J connectivity index is 1.49. The van der Waals surface area contributed by atoms with Crippen LogP contribution >= 0.6 is 0 Å². The van der Waals surface area contributed by atoms with Gasteiger partial charge in [-0.25, -0.2) is 0 Å². The molecule has 0 spiro atoms. The molecule has 36 heavy (non-hydrogen) atoms. The van der Waals surface area contributed by atoms with Crippen molar-refractivity contribution in [3.8, 4) is 17.2 Å². The van der Waals surface area contributed by atoms with E-state index >= 15 is 0 Å².